The number of halogens is 2. The number of nitrogens with zero attached hydrogens (tertiary/aromatic N) is 4. The second kappa shape index (κ2) is 14.2. The molecule has 4 amide bonds. The number of aromatic nitrogens is 2. The minimum Gasteiger partial charge on any atom is -0.508 e. The zero-order chi connectivity index (χ0) is 41.8. The maximum Gasteiger partial charge on any atom is 0.242 e. The highest BCUT2D eigenvalue weighted by atomic mass is 35.5. The van der Waals surface area contributed by atoms with Gasteiger partial charge in [0, 0.05) is 45.4 Å². The summed E-state index contributed by atoms with van der Waals surface area (Å²) in [6, 6.07) is 28.8. The predicted molar refractivity (Wildman–Crippen MR) is 231 cm³/mol. The molecule has 4 aliphatic rings. The van der Waals surface area contributed by atoms with E-state index >= 15 is 9.59 Å². The summed E-state index contributed by atoms with van der Waals surface area (Å²) in [6.07, 6.45) is 2.39. The van der Waals surface area contributed by atoms with Crippen LogP contribution in [0.1, 0.15) is 42.4 Å². The van der Waals surface area contributed by atoms with Gasteiger partial charge in [-0.15, -0.1) is 11.3 Å². The number of phenols is 1. The Bertz CT molecular complexity index is 2840. The van der Waals surface area contributed by atoms with Crippen LogP contribution in [0, 0.1) is 36.0 Å². The first-order valence-electron chi connectivity index (χ1n) is 19.8. The third-order valence-electron chi connectivity index (χ3n) is 13.1. The van der Waals surface area contributed by atoms with E-state index in [0.717, 1.165) is 31.7 Å². The number of aromatic hydroxyl groups is 1. The van der Waals surface area contributed by atoms with Gasteiger partial charge in [0.25, 0.3) is 0 Å². The van der Waals surface area contributed by atoms with Crippen molar-refractivity contribution in [3.8, 4) is 22.1 Å². The molecule has 6 aromatic rings. The lowest BCUT2D eigenvalue weighted by atomic mass is 9.51. The van der Waals surface area contributed by atoms with E-state index in [0.29, 0.717) is 38.6 Å². The van der Waals surface area contributed by atoms with Crippen molar-refractivity contribution in [3.05, 3.63) is 135 Å². The number of allylic oxidation sites excluding steroid dienone is 2. The van der Waals surface area contributed by atoms with Crippen LogP contribution in [0.15, 0.2) is 109 Å². The second-order valence-electron chi connectivity index (χ2n) is 16.4. The van der Waals surface area contributed by atoms with Gasteiger partial charge in [0.05, 0.1) is 33.7 Å². The lowest BCUT2D eigenvalue weighted by Crippen LogP contribution is -2.49. The third-order valence-corrected chi connectivity index (χ3v) is 14.9. The highest BCUT2D eigenvalue weighted by Gasteiger charge is 2.68. The molecule has 2 aliphatic heterocycles. The molecule has 6 atom stereocenters. The fraction of sp³-hybridized carbons (Fsp3) is 0.255. The molecule has 0 bridgehead atoms. The number of carbonyl (C=O) groups is 4. The van der Waals surface area contributed by atoms with Crippen molar-refractivity contribution >= 4 is 79.8 Å². The predicted octanol–water partition coefficient (Wildman–Crippen LogP) is 9.64. The zero-order valence-electron chi connectivity index (χ0n) is 32.8. The Balaban J connectivity index is 1.06. The minimum absolute atomic E-state index is 0.104. The Morgan fingerprint density at radius 3 is 2.37 bits per heavy atom. The molecule has 2 aromatic heterocycles. The molecule has 60 heavy (non-hydrogen) atoms. The van der Waals surface area contributed by atoms with Crippen molar-refractivity contribution in [2.75, 3.05) is 9.80 Å². The number of hydrogen-bond acceptors (Lipinski definition) is 8. The number of imide groups is 2. The van der Waals surface area contributed by atoms with Crippen LogP contribution in [-0.2, 0) is 32.8 Å². The van der Waals surface area contributed by atoms with Gasteiger partial charge in [-0.05, 0) is 97.7 Å². The Morgan fingerprint density at radius 2 is 1.62 bits per heavy atom. The molecular formula is C47H38Cl2N4O6S. The molecule has 1 saturated carbocycles. The van der Waals surface area contributed by atoms with Crippen molar-refractivity contribution in [1.82, 2.24) is 9.78 Å². The Labute approximate surface area is 359 Å². The smallest absolute Gasteiger partial charge is 0.242 e. The highest BCUT2D eigenvalue weighted by molar-refractivity contribution is 7.22. The lowest BCUT2D eigenvalue weighted by Gasteiger charge is -2.49. The van der Waals surface area contributed by atoms with Crippen LogP contribution < -0.4 is 14.5 Å². The molecular weight excluding hydrogens is 820 g/mol. The molecule has 0 spiro atoms. The van der Waals surface area contributed by atoms with Crippen LogP contribution in [0.25, 0.3) is 20.7 Å². The number of amides is 4. The summed E-state index contributed by atoms with van der Waals surface area (Å²) < 4.78 is 8.65. The average molecular weight is 858 g/mol. The summed E-state index contributed by atoms with van der Waals surface area (Å²) in [6.45, 7) is 4.08. The molecule has 6 unspecified atom stereocenters. The topological polar surface area (TPSA) is 122 Å². The fourth-order valence-corrected chi connectivity index (χ4v) is 11.7. The van der Waals surface area contributed by atoms with Crippen molar-refractivity contribution in [1.29, 1.82) is 0 Å². The molecule has 4 heterocycles. The molecule has 10 rings (SSSR count). The maximum absolute atomic E-state index is 15.3. The van der Waals surface area contributed by atoms with Gasteiger partial charge in [-0.25, -0.2) is 4.90 Å². The third kappa shape index (κ3) is 5.77. The van der Waals surface area contributed by atoms with Crippen molar-refractivity contribution in [2.45, 2.75) is 39.2 Å². The number of thiophene rings is 1. The number of benzene rings is 4. The van der Waals surface area contributed by atoms with Gasteiger partial charge in [0.1, 0.15) is 29.6 Å². The molecule has 3 fully saturated rings. The largest absolute Gasteiger partial charge is 0.508 e. The number of anilines is 2. The zero-order valence-corrected chi connectivity index (χ0v) is 35.1. The first-order chi connectivity index (χ1) is 28.8. The number of rotatable bonds is 7. The Hall–Kier alpha value is -5.75. The highest BCUT2D eigenvalue weighted by Crippen LogP contribution is 2.64. The van der Waals surface area contributed by atoms with E-state index in [1.54, 1.807) is 72.5 Å². The van der Waals surface area contributed by atoms with E-state index in [2.05, 4.69) is 0 Å². The van der Waals surface area contributed by atoms with Crippen molar-refractivity contribution < 1.29 is 29.0 Å². The normalized spacial score (nSPS) is 24.8. The van der Waals surface area contributed by atoms with Crippen LogP contribution in [0.4, 0.5) is 11.5 Å². The SMILES string of the molecule is Cc1c(-c2cc(N3C(=O)C4CC5C(=CCC6C(=O)N(c7ccc(Cl)cc7)C(=O)C65)C(c5ccc(OCc6ccccc6)cc5O)C4(C)C3=O)n(C)n2)sc2ccc(Cl)cc12. The molecule has 10 nitrogen and oxygen atoms in total. The van der Waals surface area contributed by atoms with Crippen LogP contribution in [0.3, 0.4) is 0 Å². The summed E-state index contributed by atoms with van der Waals surface area (Å²) in [5.41, 5.74) is 2.79. The first-order valence-corrected chi connectivity index (χ1v) is 21.4. The van der Waals surface area contributed by atoms with E-state index < -0.39 is 46.8 Å². The molecule has 13 heteroatoms. The summed E-state index contributed by atoms with van der Waals surface area (Å²) >= 11 is 14.1. The number of phenolic OH excluding ortho intramolecular Hbond substituents is 1. The molecule has 1 N–H and O–H groups in total. The fourth-order valence-electron chi connectivity index (χ4n) is 10.2. The van der Waals surface area contributed by atoms with E-state index in [4.69, 9.17) is 33.0 Å². The van der Waals surface area contributed by atoms with Gasteiger partial charge < -0.3 is 9.84 Å². The van der Waals surface area contributed by atoms with Gasteiger partial charge in [-0.1, -0.05) is 71.2 Å². The maximum atomic E-state index is 15.3. The van der Waals surface area contributed by atoms with Crippen molar-refractivity contribution in [3.63, 3.8) is 0 Å². The minimum atomic E-state index is -1.38. The van der Waals surface area contributed by atoms with Crippen LogP contribution >= 0.6 is 34.5 Å². The summed E-state index contributed by atoms with van der Waals surface area (Å²) in [7, 11) is 1.71. The van der Waals surface area contributed by atoms with Gasteiger partial charge in [0.15, 0.2) is 0 Å². The van der Waals surface area contributed by atoms with Crippen LogP contribution in [0.5, 0.6) is 11.5 Å². The first kappa shape index (κ1) is 38.5. The van der Waals surface area contributed by atoms with Crippen LogP contribution in [-0.4, -0.2) is 38.5 Å². The Morgan fingerprint density at radius 1 is 0.867 bits per heavy atom. The monoisotopic (exact) mass is 856 g/mol. The lowest BCUT2D eigenvalue weighted by molar-refractivity contribution is -0.131. The number of aryl methyl sites for hydroxylation is 2. The van der Waals surface area contributed by atoms with Gasteiger partial charge >= 0.3 is 0 Å². The average Bonchev–Trinajstić information content (AvgIpc) is 3.91. The van der Waals surface area contributed by atoms with E-state index in [9.17, 15) is 14.7 Å². The molecule has 2 saturated heterocycles. The number of ether oxygens (including phenoxy) is 1. The van der Waals surface area contributed by atoms with Crippen LogP contribution in [0.2, 0.25) is 10.0 Å². The van der Waals surface area contributed by atoms with Gasteiger partial charge in [-0.2, -0.15) is 5.10 Å². The molecule has 302 valence electrons. The van der Waals surface area contributed by atoms with E-state index in [1.807, 2.05) is 61.5 Å². The van der Waals surface area contributed by atoms with Gasteiger partial charge in [-0.3, -0.25) is 28.8 Å². The number of fused-ring (bicyclic) bond motifs is 5. The Kier molecular flexibility index (Phi) is 9.09. The summed E-state index contributed by atoms with van der Waals surface area (Å²) in [5, 5.41) is 18.8. The number of hydrogen-bond donors (Lipinski definition) is 1. The molecule has 2 aliphatic carbocycles. The number of carbonyl (C=O) groups excluding carboxylic acids is 4. The van der Waals surface area contributed by atoms with E-state index in [1.165, 1.54) is 15.9 Å². The quantitative estimate of drug-likeness (QED) is 0.125. The molecule has 4 aromatic carbocycles. The summed E-state index contributed by atoms with van der Waals surface area (Å²) in [4.78, 5) is 62.3. The van der Waals surface area contributed by atoms with Crippen molar-refractivity contribution in [2.24, 2.45) is 36.1 Å². The summed E-state index contributed by atoms with van der Waals surface area (Å²) in [5.74, 6) is -4.60. The molecule has 0 radical (unpaired) electrons. The standard InChI is InChI=1S/C47H38Cl2N4O6S/c1-24-33-19-27(49)11-18-38(33)60-42(24)36-22-39(51(3)50-36)53-44(56)35-21-34-30(16-17-32-40(34)45(57)52(43(32)55)28-12-9-26(48)10-13-28)41(47(35,2)46(53)58)31-15-14-29(20-37(31)54)59-23-25-7-5-4-6-8-25/h4-16,18-20,22,32,34-35,40-41,54H,17,21,23H2,1-3H3. The van der Waals surface area contributed by atoms with Gasteiger partial charge in [0.2, 0.25) is 23.6 Å². The second-order valence-corrected chi connectivity index (χ2v) is 18.3. The van der Waals surface area contributed by atoms with E-state index in [-0.39, 0.29) is 37.0 Å².